The third-order valence-electron chi connectivity index (χ3n) is 3.72. The van der Waals surface area contributed by atoms with Gasteiger partial charge in [0.1, 0.15) is 12.1 Å². The summed E-state index contributed by atoms with van der Waals surface area (Å²) in [5.74, 6) is -0.154. The van der Waals surface area contributed by atoms with Crippen LogP contribution in [0.25, 0.3) is 0 Å². The van der Waals surface area contributed by atoms with Crippen LogP contribution in [0.5, 0.6) is 0 Å². The first-order valence-corrected chi connectivity index (χ1v) is 6.92. The molecule has 0 aromatic heterocycles. The normalized spacial score (nSPS) is 23.8. The third kappa shape index (κ3) is 2.55. The largest absolute Gasteiger partial charge is 0.342 e. The summed E-state index contributed by atoms with van der Waals surface area (Å²) in [5, 5.41) is 2.84. The van der Waals surface area contributed by atoms with Crippen LogP contribution < -0.4 is 10.2 Å². The fourth-order valence-corrected chi connectivity index (χ4v) is 2.41. The number of carbonyl (C=O) groups excluding carboxylic acids is 2. The Morgan fingerprint density at radius 1 is 1.10 bits per heavy atom. The van der Waals surface area contributed by atoms with Crippen LogP contribution >= 0.6 is 0 Å². The van der Waals surface area contributed by atoms with Crippen molar-refractivity contribution in [2.45, 2.75) is 46.7 Å². The van der Waals surface area contributed by atoms with Crippen molar-refractivity contribution in [2.75, 3.05) is 4.90 Å². The second-order valence-corrected chi connectivity index (χ2v) is 6.53. The lowest BCUT2D eigenvalue weighted by molar-refractivity contribution is -0.136. The molecule has 1 heterocycles. The summed E-state index contributed by atoms with van der Waals surface area (Å²) < 4.78 is 0. The molecule has 4 nitrogen and oxygen atoms in total. The Morgan fingerprint density at radius 3 is 2.15 bits per heavy atom. The van der Waals surface area contributed by atoms with Crippen molar-refractivity contribution >= 4 is 17.5 Å². The molecule has 2 unspecified atom stereocenters. The van der Waals surface area contributed by atoms with Crippen molar-refractivity contribution in [3.05, 3.63) is 29.8 Å². The molecule has 4 heteroatoms. The molecule has 2 rings (SSSR count). The summed E-state index contributed by atoms with van der Waals surface area (Å²) in [5.41, 5.74) is 1.59. The Labute approximate surface area is 120 Å². The van der Waals surface area contributed by atoms with Crippen molar-refractivity contribution in [1.29, 1.82) is 0 Å². The topological polar surface area (TPSA) is 49.4 Å². The Hall–Kier alpha value is -1.84. The average Bonchev–Trinajstić information content (AvgIpc) is 2.35. The number of carbonyl (C=O) groups is 2. The molecule has 0 spiro atoms. The molecule has 1 aliphatic rings. The highest BCUT2D eigenvalue weighted by Crippen LogP contribution is 2.28. The lowest BCUT2D eigenvalue weighted by Gasteiger charge is -2.42. The SMILES string of the molecule is Cc1ccc(N2C(=O)C(C(C)(C)C)NC(=O)C2C)cc1. The molecule has 0 bridgehead atoms. The molecule has 2 amide bonds. The maximum atomic E-state index is 12.7. The minimum atomic E-state index is -0.493. The van der Waals surface area contributed by atoms with Crippen molar-refractivity contribution in [3.63, 3.8) is 0 Å². The second-order valence-electron chi connectivity index (χ2n) is 6.53. The minimum absolute atomic E-state index is 0.0477. The Balaban J connectivity index is 2.41. The van der Waals surface area contributed by atoms with Gasteiger partial charge >= 0.3 is 0 Å². The maximum Gasteiger partial charge on any atom is 0.250 e. The molecule has 108 valence electrons. The molecule has 1 saturated heterocycles. The number of nitrogens with zero attached hydrogens (tertiary/aromatic N) is 1. The van der Waals surface area contributed by atoms with Gasteiger partial charge in [-0.15, -0.1) is 0 Å². The van der Waals surface area contributed by atoms with Crippen molar-refractivity contribution in [3.8, 4) is 0 Å². The van der Waals surface area contributed by atoms with E-state index in [1.165, 1.54) is 0 Å². The van der Waals surface area contributed by atoms with E-state index in [0.29, 0.717) is 0 Å². The summed E-state index contributed by atoms with van der Waals surface area (Å²) in [4.78, 5) is 26.5. The van der Waals surface area contributed by atoms with E-state index in [4.69, 9.17) is 0 Å². The highest BCUT2D eigenvalue weighted by Gasteiger charge is 2.44. The predicted octanol–water partition coefficient (Wildman–Crippen LogP) is 2.26. The Bertz CT molecular complexity index is 528. The van der Waals surface area contributed by atoms with Gasteiger partial charge in [0.15, 0.2) is 0 Å². The summed E-state index contributed by atoms with van der Waals surface area (Å²) in [6.07, 6.45) is 0. The van der Waals surface area contributed by atoms with Gasteiger partial charge in [-0.25, -0.2) is 0 Å². The molecule has 0 saturated carbocycles. The van der Waals surface area contributed by atoms with Crippen LogP contribution in [0, 0.1) is 12.3 Å². The number of nitrogens with one attached hydrogen (secondary N) is 1. The lowest BCUT2D eigenvalue weighted by atomic mass is 9.84. The predicted molar refractivity (Wildman–Crippen MR) is 79.5 cm³/mol. The van der Waals surface area contributed by atoms with Gasteiger partial charge in [0.05, 0.1) is 0 Å². The number of rotatable bonds is 1. The van der Waals surface area contributed by atoms with Gasteiger partial charge in [-0.2, -0.15) is 0 Å². The first-order valence-electron chi connectivity index (χ1n) is 6.92. The molecule has 1 fully saturated rings. The average molecular weight is 274 g/mol. The summed E-state index contributed by atoms with van der Waals surface area (Å²) in [7, 11) is 0. The smallest absolute Gasteiger partial charge is 0.250 e. The van der Waals surface area contributed by atoms with E-state index in [9.17, 15) is 9.59 Å². The zero-order valence-corrected chi connectivity index (χ0v) is 12.7. The zero-order valence-electron chi connectivity index (χ0n) is 12.7. The van der Waals surface area contributed by atoms with Gasteiger partial charge in [0.25, 0.3) is 5.91 Å². The van der Waals surface area contributed by atoms with E-state index in [1.54, 1.807) is 11.8 Å². The quantitative estimate of drug-likeness (QED) is 0.854. The van der Waals surface area contributed by atoms with Gasteiger partial charge in [-0.05, 0) is 31.4 Å². The number of piperazine rings is 1. The zero-order chi connectivity index (χ0) is 15.1. The highest BCUT2D eigenvalue weighted by molar-refractivity contribution is 6.08. The highest BCUT2D eigenvalue weighted by atomic mass is 16.2. The molecular formula is C16H22N2O2. The lowest BCUT2D eigenvalue weighted by Crippen LogP contribution is -2.66. The molecule has 1 N–H and O–H groups in total. The van der Waals surface area contributed by atoms with Crippen LogP contribution in [0.15, 0.2) is 24.3 Å². The first kappa shape index (κ1) is 14.6. The number of amides is 2. The fraction of sp³-hybridized carbons (Fsp3) is 0.500. The van der Waals surface area contributed by atoms with E-state index in [1.807, 2.05) is 52.0 Å². The summed E-state index contributed by atoms with van der Waals surface area (Å²) in [6.45, 7) is 9.62. The van der Waals surface area contributed by atoms with E-state index in [-0.39, 0.29) is 17.2 Å². The Kier molecular flexibility index (Phi) is 3.59. The van der Waals surface area contributed by atoms with Crippen molar-refractivity contribution in [1.82, 2.24) is 5.32 Å². The van der Waals surface area contributed by atoms with Gasteiger partial charge in [-0.3, -0.25) is 14.5 Å². The van der Waals surface area contributed by atoms with Crippen LogP contribution in [0.3, 0.4) is 0 Å². The summed E-state index contributed by atoms with van der Waals surface area (Å²) >= 11 is 0. The van der Waals surface area contributed by atoms with Crippen LogP contribution in [0.2, 0.25) is 0 Å². The molecule has 2 atom stereocenters. The van der Waals surface area contributed by atoms with Gasteiger partial charge in [0, 0.05) is 5.69 Å². The van der Waals surface area contributed by atoms with Crippen molar-refractivity contribution in [2.24, 2.45) is 5.41 Å². The Morgan fingerprint density at radius 2 is 1.65 bits per heavy atom. The van der Waals surface area contributed by atoms with Crippen molar-refractivity contribution < 1.29 is 9.59 Å². The number of hydrogen-bond acceptors (Lipinski definition) is 2. The van der Waals surface area contributed by atoms with E-state index in [0.717, 1.165) is 11.3 Å². The number of aryl methyl sites for hydroxylation is 1. The maximum absolute atomic E-state index is 12.7. The number of hydrogen-bond donors (Lipinski definition) is 1. The molecule has 1 aromatic carbocycles. The third-order valence-corrected chi connectivity index (χ3v) is 3.72. The van der Waals surface area contributed by atoms with Crippen LogP contribution in [0.1, 0.15) is 33.3 Å². The number of anilines is 1. The molecule has 1 aliphatic heterocycles. The molecular weight excluding hydrogens is 252 g/mol. The monoisotopic (exact) mass is 274 g/mol. The standard InChI is InChI=1S/C16H22N2O2/c1-10-6-8-12(9-7-10)18-11(2)14(19)17-13(15(18)20)16(3,4)5/h6-9,11,13H,1-5H3,(H,17,19). The molecule has 0 radical (unpaired) electrons. The van der Waals surface area contributed by atoms with E-state index < -0.39 is 12.1 Å². The van der Waals surface area contributed by atoms with Crippen LogP contribution in [-0.2, 0) is 9.59 Å². The van der Waals surface area contributed by atoms with Gasteiger partial charge in [0.2, 0.25) is 5.91 Å². The number of benzene rings is 1. The molecule has 20 heavy (non-hydrogen) atoms. The minimum Gasteiger partial charge on any atom is -0.342 e. The van der Waals surface area contributed by atoms with Gasteiger partial charge < -0.3 is 5.32 Å². The van der Waals surface area contributed by atoms with E-state index >= 15 is 0 Å². The van der Waals surface area contributed by atoms with E-state index in [2.05, 4.69) is 5.32 Å². The van der Waals surface area contributed by atoms with Crippen LogP contribution in [-0.4, -0.2) is 23.9 Å². The summed E-state index contributed by atoms with van der Waals surface area (Å²) in [6, 6.07) is 6.71. The first-order chi connectivity index (χ1) is 9.21. The fourth-order valence-electron chi connectivity index (χ4n) is 2.41. The van der Waals surface area contributed by atoms with Gasteiger partial charge in [-0.1, -0.05) is 38.5 Å². The second kappa shape index (κ2) is 4.93. The van der Waals surface area contributed by atoms with Crippen LogP contribution in [0.4, 0.5) is 5.69 Å². The molecule has 1 aromatic rings. The molecule has 0 aliphatic carbocycles.